The lowest BCUT2D eigenvalue weighted by atomic mass is 9.94. The number of amides is 1. The van der Waals surface area contributed by atoms with Crippen molar-refractivity contribution < 1.29 is 17.6 Å². The van der Waals surface area contributed by atoms with Crippen molar-refractivity contribution in [3.05, 3.63) is 60.6 Å². The second kappa shape index (κ2) is 7.75. The first-order chi connectivity index (χ1) is 13.9. The Morgan fingerprint density at radius 3 is 2.79 bits per heavy atom. The summed E-state index contributed by atoms with van der Waals surface area (Å²) >= 11 is 0. The van der Waals surface area contributed by atoms with Crippen molar-refractivity contribution in [2.24, 2.45) is 0 Å². The molecular formula is C20H20N4O4S. The standard InChI is InChI=1S/C20H20N4O4S/c1-29(26,27)17-12-22-19(14-5-2-8-21-11-14)23-18(17)15-6-3-9-24(13-15)20(25)16-7-4-10-28-16/h2,4-5,7-8,10-12,15H,3,6,9,13H2,1H3. The molecule has 1 atom stereocenters. The average Bonchev–Trinajstić information content (AvgIpc) is 3.28. The van der Waals surface area contributed by atoms with Gasteiger partial charge in [-0.1, -0.05) is 0 Å². The van der Waals surface area contributed by atoms with E-state index >= 15 is 0 Å². The first kappa shape index (κ1) is 19.3. The van der Waals surface area contributed by atoms with Crippen molar-refractivity contribution >= 4 is 15.7 Å². The zero-order valence-electron chi connectivity index (χ0n) is 15.9. The second-order valence-electron chi connectivity index (χ2n) is 7.02. The Morgan fingerprint density at radius 1 is 1.24 bits per heavy atom. The van der Waals surface area contributed by atoms with Crippen LogP contribution < -0.4 is 0 Å². The van der Waals surface area contributed by atoms with Gasteiger partial charge in [0.1, 0.15) is 4.90 Å². The SMILES string of the molecule is CS(=O)(=O)c1cnc(-c2cccnc2)nc1C1CCCN(C(=O)c2ccco2)C1. The normalized spacial score (nSPS) is 17.3. The van der Waals surface area contributed by atoms with Gasteiger partial charge in [-0.15, -0.1) is 0 Å². The van der Waals surface area contributed by atoms with Crippen LogP contribution in [-0.2, 0) is 9.84 Å². The predicted molar refractivity (Wildman–Crippen MR) is 105 cm³/mol. The van der Waals surface area contributed by atoms with Crippen LogP contribution in [0.15, 0.2) is 58.4 Å². The summed E-state index contributed by atoms with van der Waals surface area (Å²) in [7, 11) is -3.53. The molecule has 0 saturated carbocycles. The van der Waals surface area contributed by atoms with E-state index in [-0.39, 0.29) is 22.5 Å². The molecule has 3 aromatic heterocycles. The molecule has 3 aromatic rings. The number of furan rings is 1. The molecule has 9 heteroatoms. The van der Waals surface area contributed by atoms with Crippen molar-refractivity contribution in [2.75, 3.05) is 19.3 Å². The minimum Gasteiger partial charge on any atom is -0.459 e. The number of hydrogen-bond donors (Lipinski definition) is 0. The maximum absolute atomic E-state index is 12.7. The first-order valence-electron chi connectivity index (χ1n) is 9.23. The summed E-state index contributed by atoms with van der Waals surface area (Å²) in [6.07, 6.45) is 8.71. The number of pyridine rings is 1. The Bertz CT molecular complexity index is 1110. The Labute approximate surface area is 168 Å². The van der Waals surface area contributed by atoms with Crippen LogP contribution in [0.5, 0.6) is 0 Å². The van der Waals surface area contributed by atoms with E-state index in [2.05, 4.69) is 15.0 Å². The van der Waals surface area contributed by atoms with Gasteiger partial charge in [-0.3, -0.25) is 9.78 Å². The third-order valence-corrected chi connectivity index (χ3v) is 6.04. The van der Waals surface area contributed by atoms with Crippen LogP contribution in [0.4, 0.5) is 0 Å². The number of carbonyl (C=O) groups excluding carboxylic acids is 1. The van der Waals surface area contributed by atoms with Crippen LogP contribution in [-0.4, -0.2) is 53.5 Å². The van der Waals surface area contributed by atoms with E-state index in [1.807, 2.05) is 6.07 Å². The highest BCUT2D eigenvalue weighted by atomic mass is 32.2. The molecule has 0 bridgehead atoms. The van der Waals surface area contributed by atoms with Crippen LogP contribution in [0.1, 0.15) is 35.0 Å². The smallest absolute Gasteiger partial charge is 0.289 e. The summed E-state index contributed by atoms with van der Waals surface area (Å²) in [5, 5.41) is 0. The van der Waals surface area contributed by atoms with Crippen molar-refractivity contribution in [1.29, 1.82) is 0 Å². The number of nitrogens with zero attached hydrogens (tertiary/aromatic N) is 4. The molecule has 1 saturated heterocycles. The molecular weight excluding hydrogens is 392 g/mol. The van der Waals surface area contributed by atoms with Gasteiger partial charge in [0.05, 0.1) is 12.0 Å². The first-order valence-corrected chi connectivity index (χ1v) is 11.1. The molecule has 8 nitrogen and oxygen atoms in total. The molecule has 0 aromatic carbocycles. The van der Waals surface area contributed by atoms with Crippen LogP contribution in [0.3, 0.4) is 0 Å². The monoisotopic (exact) mass is 412 g/mol. The predicted octanol–water partition coefficient (Wildman–Crippen LogP) is 2.55. The maximum atomic E-state index is 12.7. The number of likely N-dealkylation sites (tertiary alicyclic amines) is 1. The zero-order valence-corrected chi connectivity index (χ0v) is 16.7. The molecule has 1 aliphatic heterocycles. The number of aromatic nitrogens is 3. The van der Waals surface area contributed by atoms with E-state index in [9.17, 15) is 13.2 Å². The summed E-state index contributed by atoms with van der Waals surface area (Å²) in [5.41, 5.74) is 1.14. The van der Waals surface area contributed by atoms with E-state index in [0.29, 0.717) is 30.2 Å². The van der Waals surface area contributed by atoms with Crippen LogP contribution in [0, 0.1) is 0 Å². The fourth-order valence-electron chi connectivity index (χ4n) is 3.54. The number of sulfone groups is 1. The van der Waals surface area contributed by atoms with Crippen LogP contribution in [0.25, 0.3) is 11.4 Å². The van der Waals surface area contributed by atoms with Gasteiger partial charge in [0.15, 0.2) is 21.4 Å². The largest absolute Gasteiger partial charge is 0.459 e. The molecule has 150 valence electrons. The van der Waals surface area contributed by atoms with E-state index in [4.69, 9.17) is 4.42 Å². The maximum Gasteiger partial charge on any atom is 0.289 e. The lowest BCUT2D eigenvalue weighted by Crippen LogP contribution is -2.39. The summed E-state index contributed by atoms with van der Waals surface area (Å²) in [6.45, 7) is 0.955. The summed E-state index contributed by atoms with van der Waals surface area (Å²) in [5.74, 6) is 0.260. The van der Waals surface area contributed by atoms with E-state index < -0.39 is 9.84 Å². The van der Waals surface area contributed by atoms with Crippen molar-refractivity contribution in [2.45, 2.75) is 23.7 Å². The van der Waals surface area contributed by atoms with Gasteiger partial charge < -0.3 is 9.32 Å². The van der Waals surface area contributed by atoms with Crippen molar-refractivity contribution in [3.8, 4) is 11.4 Å². The highest BCUT2D eigenvalue weighted by Gasteiger charge is 2.31. The van der Waals surface area contributed by atoms with Gasteiger partial charge >= 0.3 is 0 Å². The molecule has 29 heavy (non-hydrogen) atoms. The highest BCUT2D eigenvalue weighted by Crippen LogP contribution is 2.32. The van der Waals surface area contributed by atoms with Gasteiger partial charge in [-0.25, -0.2) is 18.4 Å². The molecule has 1 fully saturated rings. The Balaban J connectivity index is 1.71. The van der Waals surface area contributed by atoms with Gasteiger partial charge in [-0.2, -0.15) is 0 Å². The zero-order chi connectivity index (χ0) is 20.4. The van der Waals surface area contributed by atoms with Gasteiger partial charge in [0.2, 0.25) is 0 Å². The Hall–Kier alpha value is -3.07. The minimum atomic E-state index is -3.53. The number of rotatable bonds is 4. The fraction of sp³-hybridized carbons (Fsp3) is 0.300. The number of piperidine rings is 1. The highest BCUT2D eigenvalue weighted by molar-refractivity contribution is 7.90. The molecule has 1 unspecified atom stereocenters. The van der Waals surface area contributed by atoms with Gasteiger partial charge in [-0.05, 0) is 37.1 Å². The van der Waals surface area contributed by atoms with Crippen molar-refractivity contribution in [1.82, 2.24) is 19.9 Å². The van der Waals surface area contributed by atoms with Crippen LogP contribution >= 0.6 is 0 Å². The molecule has 0 spiro atoms. The lowest BCUT2D eigenvalue weighted by Gasteiger charge is -2.32. The topological polar surface area (TPSA) is 106 Å². The number of hydrogen-bond acceptors (Lipinski definition) is 7. The quantitative estimate of drug-likeness (QED) is 0.648. The third kappa shape index (κ3) is 4.04. The fourth-order valence-corrected chi connectivity index (χ4v) is 4.37. The molecule has 1 amide bonds. The van der Waals surface area contributed by atoms with Crippen LogP contribution in [0.2, 0.25) is 0 Å². The average molecular weight is 412 g/mol. The minimum absolute atomic E-state index is 0.0995. The molecule has 0 N–H and O–H groups in total. The lowest BCUT2D eigenvalue weighted by molar-refractivity contribution is 0.0673. The molecule has 4 heterocycles. The summed E-state index contributed by atoms with van der Waals surface area (Å²) in [6, 6.07) is 6.88. The van der Waals surface area contributed by atoms with Gasteiger partial charge in [0.25, 0.3) is 5.91 Å². The third-order valence-electron chi connectivity index (χ3n) is 4.93. The second-order valence-corrected chi connectivity index (χ2v) is 9.01. The molecule has 4 rings (SSSR count). The summed E-state index contributed by atoms with van der Waals surface area (Å²) in [4.78, 5) is 27.4. The number of carbonyl (C=O) groups is 1. The van der Waals surface area contributed by atoms with E-state index in [0.717, 1.165) is 19.1 Å². The Morgan fingerprint density at radius 2 is 2.10 bits per heavy atom. The molecule has 0 radical (unpaired) electrons. The summed E-state index contributed by atoms with van der Waals surface area (Å²) < 4.78 is 29.9. The molecule has 0 aliphatic carbocycles. The van der Waals surface area contributed by atoms with Gasteiger partial charge in [0, 0.05) is 49.4 Å². The van der Waals surface area contributed by atoms with E-state index in [1.54, 1.807) is 35.5 Å². The van der Waals surface area contributed by atoms with Crippen molar-refractivity contribution in [3.63, 3.8) is 0 Å². The van der Waals surface area contributed by atoms with E-state index in [1.165, 1.54) is 12.5 Å². The Kier molecular flexibility index (Phi) is 5.14. The molecule has 1 aliphatic rings.